The average Bonchev–Trinajstić information content (AvgIpc) is 1.86. The number of nitrogens with zero attached hydrogens (tertiary/aromatic N) is 2. The summed E-state index contributed by atoms with van der Waals surface area (Å²) >= 11 is 4.52. The van der Waals surface area contributed by atoms with Gasteiger partial charge in [0.05, 0.1) is 4.77 Å². The molecule has 0 unspecified atom stereocenters. The van der Waals surface area contributed by atoms with E-state index in [2.05, 4.69) is 27.4 Å². The predicted octanol–water partition coefficient (Wildman–Crippen LogP) is 0.0939. The fourth-order valence-corrected chi connectivity index (χ4v) is 0.294. The Bertz CT molecular complexity index is 151. The molecule has 1 radical (unpaired) electrons. The molecule has 0 amide bonds. The molecule has 0 aliphatic rings. The van der Waals surface area contributed by atoms with E-state index >= 15 is 0 Å². The topological polar surface area (TPSA) is 42.8 Å². The van der Waals surface area contributed by atoms with E-state index in [1.54, 1.807) is 0 Å². The van der Waals surface area contributed by atoms with Crippen LogP contribution < -0.4 is 5.10 Å². The third-order valence-electron chi connectivity index (χ3n) is 0.393. The van der Waals surface area contributed by atoms with Gasteiger partial charge in [0.25, 0.3) is 0 Å². The molecule has 0 bridgehead atoms. The van der Waals surface area contributed by atoms with Crippen molar-refractivity contribution < 1.29 is 32.7 Å². The molecule has 0 spiro atoms. The normalized spacial score (nSPS) is 7.43. The Kier molecular flexibility index (Phi) is 3.69. The van der Waals surface area contributed by atoms with Crippen molar-refractivity contribution in [2.45, 2.75) is 0 Å². The van der Waals surface area contributed by atoms with Crippen LogP contribution in [0.15, 0.2) is 6.33 Å². The number of aromatic nitrogens is 3. The van der Waals surface area contributed by atoms with Gasteiger partial charge in [-0.3, -0.25) is 0 Å². The van der Waals surface area contributed by atoms with Crippen molar-refractivity contribution in [1.29, 1.82) is 0 Å². The van der Waals surface area contributed by atoms with Gasteiger partial charge in [-0.2, -0.15) is 0 Å². The van der Waals surface area contributed by atoms with Gasteiger partial charge in [-0.05, 0) is 0 Å². The zero-order valence-electron chi connectivity index (χ0n) is 3.46. The minimum Gasteiger partial charge on any atom is -0.418 e. The largest absolute Gasteiger partial charge is 0.418 e. The molecular weight excluding hydrogens is 187 g/mol. The second kappa shape index (κ2) is 3.46. The second-order valence-electron chi connectivity index (χ2n) is 0.791. The molecule has 1 aromatic rings. The number of H-pyrrole nitrogens is 1. The maximum atomic E-state index is 4.52. The van der Waals surface area contributed by atoms with E-state index in [-0.39, 0.29) is 32.7 Å². The zero-order valence-corrected chi connectivity index (χ0v) is 7.11. The Morgan fingerprint density at radius 2 is 2.57 bits per heavy atom. The first-order chi connectivity index (χ1) is 2.89. The van der Waals surface area contributed by atoms with Crippen molar-refractivity contribution in [1.82, 2.24) is 15.2 Å². The van der Waals surface area contributed by atoms with Gasteiger partial charge in [0.2, 0.25) is 0 Å². The van der Waals surface area contributed by atoms with Crippen LogP contribution in [0.4, 0.5) is 0 Å². The molecule has 0 aliphatic heterocycles. The summed E-state index contributed by atoms with van der Waals surface area (Å²) < 4.78 is 0.440. The van der Waals surface area contributed by atoms with Crippen molar-refractivity contribution in [2.75, 3.05) is 0 Å². The first kappa shape index (κ1) is 7.46. The fourth-order valence-electron chi connectivity index (χ4n) is 0.194. The van der Waals surface area contributed by atoms with Crippen LogP contribution in [-0.4, -0.2) is 10.1 Å². The molecule has 3 nitrogen and oxygen atoms in total. The van der Waals surface area contributed by atoms with Gasteiger partial charge in [0.15, 0.2) is 0 Å². The van der Waals surface area contributed by atoms with Crippen LogP contribution >= 0.6 is 12.2 Å². The SMILES string of the molecule is S=c1nc[n-][nH]1.[Y]. The van der Waals surface area contributed by atoms with Crippen LogP contribution in [0, 0.1) is 4.77 Å². The zero-order chi connectivity index (χ0) is 4.41. The van der Waals surface area contributed by atoms with Crippen molar-refractivity contribution in [3.05, 3.63) is 11.1 Å². The Morgan fingerprint density at radius 3 is 2.71 bits per heavy atom. The number of rotatable bonds is 0. The maximum Gasteiger partial charge on any atom is 0.0905 e. The summed E-state index contributed by atoms with van der Waals surface area (Å²) in [5, 5.41) is 5.94. The summed E-state index contributed by atoms with van der Waals surface area (Å²) in [6.45, 7) is 0. The third kappa shape index (κ3) is 2.31. The van der Waals surface area contributed by atoms with E-state index in [1.807, 2.05) is 0 Å². The first-order valence-corrected chi connectivity index (χ1v) is 1.83. The number of hydrogen-bond donors (Lipinski definition) is 1. The summed E-state index contributed by atoms with van der Waals surface area (Å²) in [6, 6.07) is 0. The minimum absolute atomic E-state index is 0. The third-order valence-corrected chi connectivity index (χ3v) is 0.590. The Labute approximate surface area is 70.8 Å². The van der Waals surface area contributed by atoms with Gasteiger partial charge in [-0.15, -0.1) is 0 Å². The minimum atomic E-state index is 0. The molecule has 1 heterocycles. The van der Waals surface area contributed by atoms with E-state index in [9.17, 15) is 0 Å². The van der Waals surface area contributed by atoms with Crippen LogP contribution in [0.1, 0.15) is 0 Å². The summed E-state index contributed by atoms with van der Waals surface area (Å²) in [7, 11) is 0. The average molecular weight is 189 g/mol. The Morgan fingerprint density at radius 1 is 1.86 bits per heavy atom. The maximum absolute atomic E-state index is 4.52. The molecule has 0 aliphatic carbocycles. The molecule has 35 valence electrons. The summed E-state index contributed by atoms with van der Waals surface area (Å²) in [5.74, 6) is 0. The van der Waals surface area contributed by atoms with E-state index in [1.165, 1.54) is 6.33 Å². The molecule has 0 atom stereocenters. The van der Waals surface area contributed by atoms with E-state index < -0.39 is 0 Å². The molecule has 1 rings (SSSR count). The number of hydrogen-bond acceptors (Lipinski definition) is 2. The van der Waals surface area contributed by atoms with Crippen molar-refractivity contribution >= 4 is 12.2 Å². The van der Waals surface area contributed by atoms with Crippen LogP contribution in [-0.2, 0) is 32.7 Å². The van der Waals surface area contributed by atoms with E-state index in [0.717, 1.165) is 0 Å². The van der Waals surface area contributed by atoms with Crippen LogP contribution in [0.2, 0.25) is 0 Å². The Balaban J connectivity index is 0.000000360. The van der Waals surface area contributed by atoms with E-state index in [4.69, 9.17) is 0 Å². The van der Waals surface area contributed by atoms with Crippen molar-refractivity contribution in [3.63, 3.8) is 0 Å². The predicted molar refractivity (Wildman–Crippen MR) is 22.7 cm³/mol. The molecule has 5 heteroatoms. The van der Waals surface area contributed by atoms with Crippen LogP contribution in [0.3, 0.4) is 0 Å². The second-order valence-corrected chi connectivity index (χ2v) is 1.18. The van der Waals surface area contributed by atoms with Crippen LogP contribution in [0.5, 0.6) is 0 Å². The molecular formula is C2H2N3SY-. The molecule has 0 fully saturated rings. The van der Waals surface area contributed by atoms with Gasteiger partial charge in [-0.25, -0.2) is 0 Å². The van der Waals surface area contributed by atoms with E-state index in [0.29, 0.717) is 4.77 Å². The first-order valence-electron chi connectivity index (χ1n) is 1.42. The number of nitrogens with one attached hydrogen (secondary N) is 1. The van der Waals surface area contributed by atoms with Gasteiger partial charge in [0, 0.05) is 32.7 Å². The standard InChI is InChI=1S/C2H3N3S.Y/c6-2-3-1-4-5-2;/h1H,(H2,3,4,5,6);/p-1. The van der Waals surface area contributed by atoms with Crippen LogP contribution in [0.25, 0.3) is 0 Å². The molecule has 0 aromatic carbocycles. The molecule has 1 aromatic heterocycles. The van der Waals surface area contributed by atoms with Gasteiger partial charge >= 0.3 is 0 Å². The van der Waals surface area contributed by atoms with Gasteiger partial charge in [0.1, 0.15) is 0 Å². The van der Waals surface area contributed by atoms with Crippen molar-refractivity contribution in [2.24, 2.45) is 0 Å². The summed E-state index contributed by atoms with van der Waals surface area (Å²) in [5.41, 5.74) is 0. The molecule has 0 saturated carbocycles. The van der Waals surface area contributed by atoms with Crippen molar-refractivity contribution in [3.8, 4) is 0 Å². The smallest absolute Gasteiger partial charge is 0.0905 e. The number of aromatic amines is 1. The van der Waals surface area contributed by atoms with Gasteiger partial charge < -0.3 is 15.2 Å². The molecule has 0 saturated heterocycles. The monoisotopic (exact) mass is 189 g/mol. The summed E-state index contributed by atoms with van der Waals surface area (Å²) in [4.78, 5) is 3.56. The quantitative estimate of drug-likeness (QED) is 0.588. The molecule has 1 N–H and O–H groups in total. The Hall–Kier alpha value is 0.464. The van der Waals surface area contributed by atoms with Gasteiger partial charge in [-0.1, -0.05) is 18.5 Å². The molecule has 7 heavy (non-hydrogen) atoms. The fraction of sp³-hybridized carbons (Fsp3) is 0. The summed E-state index contributed by atoms with van der Waals surface area (Å²) in [6.07, 6.45) is 1.38.